The van der Waals surface area contributed by atoms with Crippen LogP contribution in [-0.4, -0.2) is 16.0 Å². The number of non-ortho nitro benzene ring substituents is 1. The number of fused-ring (bicyclic) bond motifs is 1. The standard InChI is InChI=1S/C13H14N2O3/c1-3-9(2)18-13-7-4-10-8-11(15(16)17)5-6-12(10)14-13/h4-9H,3H2,1-2H3. The molecule has 0 aliphatic carbocycles. The smallest absolute Gasteiger partial charge is 0.270 e. The van der Waals surface area contributed by atoms with Crippen molar-refractivity contribution in [1.82, 2.24) is 4.98 Å². The zero-order chi connectivity index (χ0) is 13.1. The fourth-order valence-electron chi connectivity index (χ4n) is 1.56. The minimum atomic E-state index is -0.414. The van der Waals surface area contributed by atoms with Crippen LogP contribution in [-0.2, 0) is 0 Å². The van der Waals surface area contributed by atoms with E-state index in [9.17, 15) is 10.1 Å². The molecule has 0 aliphatic heterocycles. The number of nitrogens with zero attached hydrogens (tertiary/aromatic N) is 2. The summed E-state index contributed by atoms with van der Waals surface area (Å²) in [5, 5.41) is 11.4. The van der Waals surface area contributed by atoms with Crippen molar-refractivity contribution in [1.29, 1.82) is 0 Å². The average Bonchev–Trinajstić information content (AvgIpc) is 2.37. The van der Waals surface area contributed by atoms with Crippen molar-refractivity contribution >= 4 is 16.6 Å². The molecule has 0 spiro atoms. The van der Waals surface area contributed by atoms with Crippen LogP contribution >= 0.6 is 0 Å². The summed E-state index contributed by atoms with van der Waals surface area (Å²) >= 11 is 0. The number of hydrogen-bond donors (Lipinski definition) is 0. The van der Waals surface area contributed by atoms with Crippen LogP contribution in [0.2, 0.25) is 0 Å². The van der Waals surface area contributed by atoms with Crippen molar-refractivity contribution in [2.24, 2.45) is 0 Å². The highest BCUT2D eigenvalue weighted by Gasteiger charge is 2.08. The minimum Gasteiger partial charge on any atom is -0.475 e. The van der Waals surface area contributed by atoms with Crippen molar-refractivity contribution in [3.05, 3.63) is 40.4 Å². The molecule has 0 radical (unpaired) electrons. The summed E-state index contributed by atoms with van der Waals surface area (Å²) in [4.78, 5) is 14.6. The van der Waals surface area contributed by atoms with Crippen molar-refractivity contribution in [3.8, 4) is 5.88 Å². The SMILES string of the molecule is CCC(C)Oc1ccc2cc([N+](=O)[O-])ccc2n1. The molecule has 0 amide bonds. The van der Waals surface area contributed by atoms with Gasteiger partial charge in [0.25, 0.3) is 5.69 Å². The topological polar surface area (TPSA) is 65.3 Å². The molecular formula is C13H14N2O3. The van der Waals surface area contributed by atoms with Crippen LogP contribution in [0.15, 0.2) is 30.3 Å². The highest BCUT2D eigenvalue weighted by molar-refractivity contribution is 5.81. The molecule has 1 heterocycles. The van der Waals surface area contributed by atoms with E-state index in [-0.39, 0.29) is 11.8 Å². The van der Waals surface area contributed by atoms with Gasteiger partial charge in [-0.1, -0.05) is 6.92 Å². The van der Waals surface area contributed by atoms with Gasteiger partial charge in [-0.05, 0) is 25.5 Å². The maximum Gasteiger partial charge on any atom is 0.270 e. The number of hydrogen-bond acceptors (Lipinski definition) is 4. The summed E-state index contributed by atoms with van der Waals surface area (Å²) in [6.07, 6.45) is 1.01. The molecule has 5 heteroatoms. The molecule has 2 rings (SSSR count). The number of ether oxygens (including phenoxy) is 1. The first kappa shape index (κ1) is 12.3. The van der Waals surface area contributed by atoms with Crippen LogP contribution in [0.1, 0.15) is 20.3 Å². The molecule has 18 heavy (non-hydrogen) atoms. The highest BCUT2D eigenvalue weighted by atomic mass is 16.6. The third-order valence-corrected chi connectivity index (χ3v) is 2.75. The molecule has 1 aromatic carbocycles. The predicted molar refractivity (Wildman–Crippen MR) is 68.8 cm³/mol. The number of pyridine rings is 1. The Morgan fingerprint density at radius 3 is 2.83 bits per heavy atom. The van der Waals surface area contributed by atoms with E-state index in [4.69, 9.17) is 4.74 Å². The molecule has 5 nitrogen and oxygen atoms in total. The van der Waals surface area contributed by atoms with Gasteiger partial charge in [0.2, 0.25) is 5.88 Å². The average molecular weight is 246 g/mol. The number of nitro benzene ring substituents is 1. The van der Waals surface area contributed by atoms with E-state index < -0.39 is 4.92 Å². The molecule has 94 valence electrons. The first-order valence-electron chi connectivity index (χ1n) is 5.82. The molecular weight excluding hydrogens is 232 g/mol. The molecule has 2 aromatic rings. The molecule has 0 aliphatic rings. The van der Waals surface area contributed by atoms with Gasteiger partial charge in [0.1, 0.15) is 0 Å². The molecule has 1 unspecified atom stereocenters. The zero-order valence-corrected chi connectivity index (χ0v) is 10.3. The predicted octanol–water partition coefficient (Wildman–Crippen LogP) is 3.32. The van der Waals surface area contributed by atoms with Gasteiger partial charge in [0, 0.05) is 23.6 Å². The summed E-state index contributed by atoms with van der Waals surface area (Å²) in [6.45, 7) is 4.01. The summed E-state index contributed by atoms with van der Waals surface area (Å²) in [5.41, 5.74) is 0.765. The fraction of sp³-hybridized carbons (Fsp3) is 0.308. The van der Waals surface area contributed by atoms with Gasteiger partial charge in [-0.25, -0.2) is 4.98 Å². The second-order valence-electron chi connectivity index (χ2n) is 4.12. The highest BCUT2D eigenvalue weighted by Crippen LogP contribution is 2.22. The van der Waals surface area contributed by atoms with E-state index in [1.54, 1.807) is 18.2 Å². The Kier molecular flexibility index (Phi) is 3.41. The van der Waals surface area contributed by atoms with Crippen LogP contribution in [0.25, 0.3) is 10.9 Å². The lowest BCUT2D eigenvalue weighted by molar-refractivity contribution is -0.384. The van der Waals surface area contributed by atoms with Gasteiger partial charge >= 0.3 is 0 Å². The Bertz CT molecular complexity index is 583. The van der Waals surface area contributed by atoms with Crippen LogP contribution < -0.4 is 4.74 Å². The minimum absolute atomic E-state index is 0.0693. The molecule has 1 atom stereocenters. The normalized spacial score (nSPS) is 12.3. The fourth-order valence-corrected chi connectivity index (χ4v) is 1.56. The summed E-state index contributed by atoms with van der Waals surface area (Å²) in [6, 6.07) is 8.11. The van der Waals surface area contributed by atoms with E-state index in [1.807, 2.05) is 13.8 Å². The molecule has 1 aromatic heterocycles. The molecule has 0 N–H and O–H groups in total. The van der Waals surface area contributed by atoms with Crippen molar-refractivity contribution in [2.45, 2.75) is 26.4 Å². The summed E-state index contributed by atoms with van der Waals surface area (Å²) < 4.78 is 5.60. The maximum absolute atomic E-state index is 10.7. The summed E-state index contributed by atoms with van der Waals surface area (Å²) in [5.74, 6) is 0.547. The third-order valence-electron chi connectivity index (χ3n) is 2.75. The summed E-state index contributed by atoms with van der Waals surface area (Å²) in [7, 11) is 0. The second-order valence-corrected chi connectivity index (χ2v) is 4.12. The largest absolute Gasteiger partial charge is 0.475 e. The number of benzene rings is 1. The molecule has 0 bridgehead atoms. The number of nitro groups is 1. The quantitative estimate of drug-likeness (QED) is 0.613. The number of aromatic nitrogens is 1. The van der Waals surface area contributed by atoms with Crippen LogP contribution in [0, 0.1) is 10.1 Å². The van der Waals surface area contributed by atoms with Gasteiger partial charge in [-0.2, -0.15) is 0 Å². The van der Waals surface area contributed by atoms with Gasteiger partial charge in [0.05, 0.1) is 16.5 Å². The first-order valence-corrected chi connectivity index (χ1v) is 5.82. The van der Waals surface area contributed by atoms with Crippen LogP contribution in [0.3, 0.4) is 0 Å². The Balaban J connectivity index is 2.35. The van der Waals surface area contributed by atoms with Gasteiger partial charge in [-0.3, -0.25) is 10.1 Å². The Labute approximate surface area is 105 Å². The van der Waals surface area contributed by atoms with Gasteiger partial charge < -0.3 is 4.74 Å². The van der Waals surface area contributed by atoms with E-state index in [0.29, 0.717) is 11.4 Å². The lowest BCUT2D eigenvalue weighted by atomic mass is 10.2. The van der Waals surface area contributed by atoms with Crippen molar-refractivity contribution in [2.75, 3.05) is 0 Å². The van der Waals surface area contributed by atoms with E-state index in [0.717, 1.165) is 11.8 Å². The Morgan fingerprint density at radius 1 is 1.39 bits per heavy atom. The van der Waals surface area contributed by atoms with Crippen molar-refractivity contribution < 1.29 is 9.66 Å². The van der Waals surface area contributed by atoms with E-state index in [2.05, 4.69) is 4.98 Å². The van der Waals surface area contributed by atoms with E-state index in [1.165, 1.54) is 12.1 Å². The Morgan fingerprint density at radius 2 is 2.17 bits per heavy atom. The van der Waals surface area contributed by atoms with Crippen LogP contribution in [0.4, 0.5) is 5.69 Å². The van der Waals surface area contributed by atoms with Gasteiger partial charge in [0.15, 0.2) is 0 Å². The van der Waals surface area contributed by atoms with Crippen molar-refractivity contribution in [3.63, 3.8) is 0 Å². The zero-order valence-electron chi connectivity index (χ0n) is 10.3. The lowest BCUT2D eigenvalue weighted by Crippen LogP contribution is -2.10. The molecule has 0 fully saturated rings. The first-order chi connectivity index (χ1) is 8.60. The monoisotopic (exact) mass is 246 g/mol. The lowest BCUT2D eigenvalue weighted by Gasteiger charge is -2.11. The maximum atomic E-state index is 10.7. The third kappa shape index (κ3) is 2.56. The van der Waals surface area contributed by atoms with Gasteiger partial charge in [-0.15, -0.1) is 0 Å². The number of rotatable bonds is 4. The molecule has 0 saturated carbocycles. The van der Waals surface area contributed by atoms with E-state index >= 15 is 0 Å². The van der Waals surface area contributed by atoms with Crippen LogP contribution in [0.5, 0.6) is 5.88 Å². The molecule has 0 saturated heterocycles. The second kappa shape index (κ2) is 5.00. The Hall–Kier alpha value is -2.17.